The molecule has 2 fully saturated rings. The van der Waals surface area contributed by atoms with E-state index < -0.39 is 17.2 Å². The van der Waals surface area contributed by atoms with Gasteiger partial charge < -0.3 is 19.9 Å². The smallest absolute Gasteiger partial charge is 0.341 e. The van der Waals surface area contributed by atoms with Crippen LogP contribution in [0.4, 0.5) is 10.1 Å². The van der Waals surface area contributed by atoms with Gasteiger partial charge in [0, 0.05) is 37.8 Å². The molecule has 1 saturated heterocycles. The summed E-state index contributed by atoms with van der Waals surface area (Å²) in [5.41, 5.74) is -0.185. The van der Waals surface area contributed by atoms with Crippen LogP contribution in [0.25, 0.3) is 10.9 Å². The van der Waals surface area contributed by atoms with Crippen LogP contribution in [0.5, 0.6) is 0 Å². The molecule has 1 saturated carbocycles. The van der Waals surface area contributed by atoms with E-state index in [9.17, 15) is 14.0 Å². The fraction of sp³-hybridized carbons (Fsp3) is 0.474. The number of aromatic carboxylic acids is 1. The molecule has 6 nitrogen and oxygen atoms in total. The van der Waals surface area contributed by atoms with Crippen molar-refractivity contribution >= 4 is 22.6 Å². The van der Waals surface area contributed by atoms with Crippen molar-refractivity contribution < 1.29 is 14.3 Å². The van der Waals surface area contributed by atoms with Gasteiger partial charge in [0.05, 0.1) is 11.2 Å². The second kappa shape index (κ2) is 7.86. The first-order valence-corrected chi connectivity index (χ1v) is 9.06. The standard InChI is InChI=1S/C16H18FN3O3.C3H6/c1-2-19-3-5-20(6-4-19)14-8-13-10(7-12(14)17)15(21)11(9-18-13)16(22)23;1-2-3-1/h7-9H,2-6H2,1H3,(H,18,21)(H,22,23);1-3H2. The molecule has 1 aromatic carbocycles. The van der Waals surface area contributed by atoms with E-state index in [1.165, 1.54) is 19.3 Å². The molecule has 0 bridgehead atoms. The summed E-state index contributed by atoms with van der Waals surface area (Å²) >= 11 is 0. The fourth-order valence-electron chi connectivity index (χ4n) is 2.94. The van der Waals surface area contributed by atoms with Crippen molar-refractivity contribution in [2.45, 2.75) is 26.2 Å². The van der Waals surface area contributed by atoms with E-state index in [0.717, 1.165) is 31.9 Å². The Balaban J connectivity index is 0.000000592. The summed E-state index contributed by atoms with van der Waals surface area (Å²) in [6, 6.07) is 2.71. The Kier molecular flexibility index (Phi) is 5.56. The number of nitrogens with zero attached hydrogens (tertiary/aromatic N) is 2. The Morgan fingerprint density at radius 1 is 1.19 bits per heavy atom. The average Bonchev–Trinajstić information content (AvgIpc) is 3.51. The SMILES string of the molecule is C1CC1.CCN1CCN(c2cc3[nH]cc(C(=O)O)c(=O)c3cc2F)CC1. The predicted molar refractivity (Wildman–Crippen MR) is 99.7 cm³/mol. The number of nitrogens with one attached hydrogen (secondary N) is 1. The molecule has 0 atom stereocenters. The van der Waals surface area contributed by atoms with Crippen LogP contribution < -0.4 is 10.3 Å². The summed E-state index contributed by atoms with van der Waals surface area (Å²) in [6.07, 6.45) is 5.66. The number of piperazine rings is 1. The molecular weight excluding hydrogens is 337 g/mol. The molecule has 0 radical (unpaired) electrons. The Bertz CT molecular complexity index is 852. The third-order valence-corrected chi connectivity index (χ3v) is 4.69. The molecular formula is C19H24FN3O3. The highest BCUT2D eigenvalue weighted by molar-refractivity contribution is 5.93. The first-order valence-electron chi connectivity index (χ1n) is 9.06. The number of aromatic amines is 1. The number of benzene rings is 1. The zero-order valence-corrected chi connectivity index (χ0v) is 14.9. The fourth-order valence-corrected chi connectivity index (χ4v) is 2.94. The summed E-state index contributed by atoms with van der Waals surface area (Å²) in [5, 5.41) is 9.03. The highest BCUT2D eigenvalue weighted by atomic mass is 19.1. The van der Waals surface area contributed by atoms with Gasteiger partial charge >= 0.3 is 5.97 Å². The second-order valence-corrected chi connectivity index (χ2v) is 6.67. The van der Waals surface area contributed by atoms with Crippen LogP contribution in [-0.4, -0.2) is 53.7 Å². The number of likely N-dealkylation sites (N-methyl/N-ethyl adjacent to an activating group) is 1. The van der Waals surface area contributed by atoms with Crippen molar-refractivity contribution in [2.75, 3.05) is 37.6 Å². The first-order chi connectivity index (χ1) is 12.5. The van der Waals surface area contributed by atoms with Crippen molar-refractivity contribution in [3.8, 4) is 0 Å². The van der Waals surface area contributed by atoms with Crippen LogP contribution in [0.3, 0.4) is 0 Å². The van der Waals surface area contributed by atoms with Crippen molar-refractivity contribution in [2.24, 2.45) is 0 Å². The molecule has 0 amide bonds. The van der Waals surface area contributed by atoms with Crippen LogP contribution in [0, 0.1) is 5.82 Å². The van der Waals surface area contributed by atoms with Gasteiger partial charge in [-0.15, -0.1) is 0 Å². The molecule has 2 aliphatic rings. The van der Waals surface area contributed by atoms with Crippen molar-refractivity contribution in [1.29, 1.82) is 0 Å². The average molecular weight is 361 g/mol. The zero-order chi connectivity index (χ0) is 18.7. The number of carboxylic acid groups (broad SMARTS) is 1. The van der Waals surface area contributed by atoms with E-state index in [1.54, 1.807) is 6.07 Å². The minimum Gasteiger partial charge on any atom is -0.477 e. The van der Waals surface area contributed by atoms with E-state index in [2.05, 4.69) is 16.8 Å². The van der Waals surface area contributed by atoms with E-state index in [-0.39, 0.29) is 10.9 Å². The summed E-state index contributed by atoms with van der Waals surface area (Å²) in [5.74, 6) is -1.83. The zero-order valence-electron chi connectivity index (χ0n) is 14.9. The maximum atomic E-state index is 14.4. The van der Waals surface area contributed by atoms with Crippen LogP contribution in [0.1, 0.15) is 36.5 Å². The maximum Gasteiger partial charge on any atom is 0.341 e. The number of carboxylic acids is 1. The Morgan fingerprint density at radius 3 is 2.38 bits per heavy atom. The number of aromatic nitrogens is 1. The molecule has 1 aromatic heterocycles. The largest absolute Gasteiger partial charge is 0.477 e. The third kappa shape index (κ3) is 4.04. The van der Waals surface area contributed by atoms with Crippen molar-refractivity contribution in [1.82, 2.24) is 9.88 Å². The Morgan fingerprint density at radius 2 is 1.85 bits per heavy atom. The monoisotopic (exact) mass is 361 g/mol. The topological polar surface area (TPSA) is 76.6 Å². The molecule has 26 heavy (non-hydrogen) atoms. The molecule has 2 N–H and O–H groups in total. The lowest BCUT2D eigenvalue weighted by Crippen LogP contribution is -2.46. The minimum atomic E-state index is -1.33. The van der Waals surface area contributed by atoms with Crippen LogP contribution in [0.15, 0.2) is 23.1 Å². The summed E-state index contributed by atoms with van der Waals surface area (Å²) in [6.45, 7) is 6.22. The van der Waals surface area contributed by atoms with Gasteiger partial charge in [-0.1, -0.05) is 26.2 Å². The van der Waals surface area contributed by atoms with Crippen LogP contribution in [-0.2, 0) is 0 Å². The van der Waals surface area contributed by atoms with Gasteiger partial charge in [-0.05, 0) is 18.7 Å². The molecule has 4 rings (SSSR count). The van der Waals surface area contributed by atoms with Crippen molar-refractivity contribution in [3.63, 3.8) is 0 Å². The first kappa shape index (κ1) is 18.4. The molecule has 1 aliphatic carbocycles. The molecule has 140 valence electrons. The van der Waals surface area contributed by atoms with E-state index in [0.29, 0.717) is 24.3 Å². The summed E-state index contributed by atoms with van der Waals surface area (Å²) in [7, 11) is 0. The highest BCUT2D eigenvalue weighted by Gasteiger charge is 2.20. The lowest BCUT2D eigenvalue weighted by atomic mass is 10.1. The number of carbonyl (C=O) groups is 1. The highest BCUT2D eigenvalue weighted by Crippen LogP contribution is 2.25. The quantitative estimate of drug-likeness (QED) is 0.879. The van der Waals surface area contributed by atoms with E-state index >= 15 is 0 Å². The number of pyridine rings is 1. The predicted octanol–water partition coefficient (Wildman–Crippen LogP) is 2.68. The van der Waals surface area contributed by atoms with Crippen LogP contribution in [0.2, 0.25) is 0 Å². The molecule has 0 spiro atoms. The lowest BCUT2D eigenvalue weighted by Gasteiger charge is -2.35. The number of hydrogen-bond donors (Lipinski definition) is 2. The van der Waals surface area contributed by atoms with Gasteiger partial charge in [-0.3, -0.25) is 4.79 Å². The van der Waals surface area contributed by atoms with Gasteiger partial charge in [0.15, 0.2) is 0 Å². The van der Waals surface area contributed by atoms with Crippen LogP contribution >= 0.6 is 0 Å². The van der Waals surface area contributed by atoms with Gasteiger partial charge in [0.25, 0.3) is 0 Å². The number of fused-ring (bicyclic) bond motifs is 1. The molecule has 2 aromatic rings. The Hall–Kier alpha value is -2.41. The normalized spacial score (nSPS) is 16.9. The van der Waals surface area contributed by atoms with Gasteiger partial charge in [0.1, 0.15) is 11.4 Å². The van der Waals surface area contributed by atoms with Gasteiger partial charge in [0.2, 0.25) is 5.43 Å². The lowest BCUT2D eigenvalue weighted by molar-refractivity contribution is 0.0695. The number of rotatable bonds is 3. The van der Waals surface area contributed by atoms with Gasteiger partial charge in [-0.25, -0.2) is 9.18 Å². The molecule has 2 heterocycles. The van der Waals surface area contributed by atoms with Crippen molar-refractivity contribution in [3.05, 3.63) is 39.9 Å². The van der Waals surface area contributed by atoms with E-state index in [4.69, 9.17) is 5.11 Å². The maximum absolute atomic E-state index is 14.4. The molecule has 1 aliphatic heterocycles. The van der Waals surface area contributed by atoms with E-state index in [1.807, 2.05) is 4.90 Å². The summed E-state index contributed by atoms with van der Waals surface area (Å²) in [4.78, 5) is 30.1. The summed E-state index contributed by atoms with van der Waals surface area (Å²) < 4.78 is 14.4. The number of anilines is 1. The molecule has 7 heteroatoms. The third-order valence-electron chi connectivity index (χ3n) is 4.69. The molecule has 0 unspecified atom stereocenters. The number of halogens is 1. The number of H-pyrrole nitrogens is 1. The van der Waals surface area contributed by atoms with Gasteiger partial charge in [-0.2, -0.15) is 0 Å². The second-order valence-electron chi connectivity index (χ2n) is 6.67. The number of hydrogen-bond acceptors (Lipinski definition) is 4. The minimum absolute atomic E-state index is 0.0540. The Labute approximate surface area is 151 Å².